The van der Waals surface area contributed by atoms with E-state index in [0.29, 0.717) is 11.7 Å². The summed E-state index contributed by atoms with van der Waals surface area (Å²) in [5.74, 6) is 0. The molecule has 0 spiro atoms. The van der Waals surface area contributed by atoms with Gasteiger partial charge in [-0.1, -0.05) is 12.1 Å². The molecule has 148 valence electrons. The van der Waals surface area contributed by atoms with Crippen LogP contribution in [-0.4, -0.2) is 46.3 Å². The lowest BCUT2D eigenvalue weighted by atomic mass is 9.90. The summed E-state index contributed by atoms with van der Waals surface area (Å²) in [4.78, 5) is 9.17. The first-order chi connectivity index (χ1) is 13.6. The Bertz CT molecular complexity index is 851. The first-order valence-electron chi connectivity index (χ1n) is 10.1. The third-order valence-corrected chi connectivity index (χ3v) is 6.46. The number of aliphatic hydroxyl groups excluding tert-OH is 1. The summed E-state index contributed by atoms with van der Waals surface area (Å²) in [6.45, 7) is 7.28. The van der Waals surface area contributed by atoms with Gasteiger partial charge in [0.1, 0.15) is 0 Å². The summed E-state index contributed by atoms with van der Waals surface area (Å²) in [5, 5.41) is 13.7. The normalized spacial score (nSPS) is 22.0. The van der Waals surface area contributed by atoms with Gasteiger partial charge in [-0.25, -0.2) is 0 Å². The van der Waals surface area contributed by atoms with Crippen molar-refractivity contribution in [2.24, 2.45) is 0 Å². The van der Waals surface area contributed by atoms with Crippen molar-refractivity contribution in [3.8, 4) is 0 Å². The number of benzene rings is 1. The average molecular weight is 397 g/mol. The molecule has 2 saturated heterocycles. The number of hydrogen-bond acceptors (Lipinski definition) is 4. The van der Waals surface area contributed by atoms with E-state index in [2.05, 4.69) is 46.1 Å². The van der Waals surface area contributed by atoms with E-state index >= 15 is 0 Å². The molecule has 2 aliphatic rings. The quantitative estimate of drug-likeness (QED) is 0.757. The molecule has 2 fully saturated rings. The second kappa shape index (κ2) is 8.05. The largest absolute Gasteiger partial charge is 0.395 e. The zero-order valence-electron chi connectivity index (χ0n) is 16.6. The molecule has 0 bridgehead atoms. The first kappa shape index (κ1) is 19.2. The lowest BCUT2D eigenvalue weighted by molar-refractivity contribution is 0.223. The summed E-state index contributed by atoms with van der Waals surface area (Å²) < 4.78 is 0. The molecule has 5 nitrogen and oxygen atoms in total. The van der Waals surface area contributed by atoms with E-state index in [4.69, 9.17) is 12.2 Å². The molecule has 2 aromatic rings. The molecule has 2 N–H and O–H groups in total. The maximum Gasteiger partial charge on any atom is 0.170 e. The molecule has 1 aromatic carbocycles. The van der Waals surface area contributed by atoms with Crippen LogP contribution in [-0.2, 0) is 0 Å². The van der Waals surface area contributed by atoms with Crippen molar-refractivity contribution in [2.75, 3.05) is 31.1 Å². The number of nitrogens with one attached hydrogen (secondary N) is 1. The molecular formula is C22H28N4OS. The summed E-state index contributed by atoms with van der Waals surface area (Å²) in [6.07, 6.45) is 4.36. The third kappa shape index (κ3) is 3.35. The molecule has 0 amide bonds. The molecule has 3 heterocycles. The molecule has 0 saturated carbocycles. The monoisotopic (exact) mass is 396 g/mol. The van der Waals surface area contributed by atoms with Crippen LogP contribution in [0.5, 0.6) is 0 Å². The number of aliphatic hydroxyl groups is 1. The van der Waals surface area contributed by atoms with Gasteiger partial charge in [0.25, 0.3) is 0 Å². The fourth-order valence-electron chi connectivity index (χ4n) is 4.54. The van der Waals surface area contributed by atoms with Crippen molar-refractivity contribution in [3.63, 3.8) is 0 Å². The van der Waals surface area contributed by atoms with E-state index in [-0.39, 0.29) is 18.7 Å². The Morgan fingerprint density at radius 2 is 1.93 bits per heavy atom. The van der Waals surface area contributed by atoms with E-state index in [9.17, 15) is 5.11 Å². The maximum atomic E-state index is 9.63. The molecule has 0 radical (unpaired) electrons. The number of rotatable bonds is 5. The Kier molecular flexibility index (Phi) is 5.51. The van der Waals surface area contributed by atoms with Crippen LogP contribution in [0.3, 0.4) is 0 Å². The fraction of sp³-hybridized carbons (Fsp3) is 0.455. The Balaban J connectivity index is 1.76. The van der Waals surface area contributed by atoms with Crippen LogP contribution in [0.4, 0.5) is 5.69 Å². The summed E-state index contributed by atoms with van der Waals surface area (Å²) in [6, 6.07) is 10.5. The highest BCUT2D eigenvalue weighted by atomic mass is 32.1. The zero-order valence-corrected chi connectivity index (χ0v) is 17.4. The highest BCUT2D eigenvalue weighted by Crippen LogP contribution is 2.41. The minimum Gasteiger partial charge on any atom is -0.395 e. The number of nitrogens with zero attached hydrogens (tertiary/aromatic N) is 3. The zero-order chi connectivity index (χ0) is 19.7. The Hall–Kier alpha value is -2.18. The van der Waals surface area contributed by atoms with Crippen molar-refractivity contribution >= 4 is 23.0 Å². The van der Waals surface area contributed by atoms with Crippen LogP contribution in [0.1, 0.15) is 47.3 Å². The molecule has 2 atom stereocenters. The molecule has 6 heteroatoms. The van der Waals surface area contributed by atoms with Crippen molar-refractivity contribution in [1.82, 2.24) is 15.2 Å². The van der Waals surface area contributed by atoms with E-state index in [0.717, 1.165) is 18.8 Å². The summed E-state index contributed by atoms with van der Waals surface area (Å²) >= 11 is 5.62. The van der Waals surface area contributed by atoms with Gasteiger partial charge in [-0.3, -0.25) is 4.98 Å². The van der Waals surface area contributed by atoms with Gasteiger partial charge in [-0.2, -0.15) is 0 Å². The van der Waals surface area contributed by atoms with E-state index < -0.39 is 0 Å². The van der Waals surface area contributed by atoms with Gasteiger partial charge >= 0.3 is 0 Å². The second-order valence-electron chi connectivity index (χ2n) is 7.66. The Labute approximate surface area is 172 Å². The lowest BCUT2D eigenvalue weighted by Crippen LogP contribution is -2.32. The molecule has 0 aliphatic carbocycles. The lowest BCUT2D eigenvalue weighted by Gasteiger charge is -2.30. The number of pyridine rings is 1. The smallest absolute Gasteiger partial charge is 0.170 e. The standard InChI is InChI=1S/C22H28N4OS/c1-15-16(2)19(25-11-5-6-12-25)9-8-17(15)21-20(18-7-3-4-10-23-18)24-22(28)26(21)13-14-27/h3-4,7-10,20-21,27H,5-6,11-14H2,1-2H3,(H,24,28)/t20-,21-/m1/s1. The average Bonchev–Trinajstić information content (AvgIpc) is 3.34. The number of thiocarbonyl (C=S) groups is 1. The van der Waals surface area contributed by atoms with Crippen LogP contribution in [0.25, 0.3) is 0 Å². The van der Waals surface area contributed by atoms with Gasteiger partial charge in [-0.15, -0.1) is 0 Å². The molecular weight excluding hydrogens is 368 g/mol. The molecule has 2 aliphatic heterocycles. The van der Waals surface area contributed by atoms with E-state index in [1.807, 2.05) is 24.4 Å². The number of aromatic nitrogens is 1. The topological polar surface area (TPSA) is 51.6 Å². The second-order valence-corrected chi connectivity index (χ2v) is 8.05. The van der Waals surface area contributed by atoms with Crippen molar-refractivity contribution in [1.29, 1.82) is 0 Å². The highest BCUT2D eigenvalue weighted by molar-refractivity contribution is 7.80. The van der Waals surface area contributed by atoms with Gasteiger partial charge in [0.05, 0.1) is 24.4 Å². The van der Waals surface area contributed by atoms with Crippen molar-refractivity contribution in [3.05, 3.63) is 58.9 Å². The van der Waals surface area contributed by atoms with Crippen LogP contribution in [0.2, 0.25) is 0 Å². The minimum atomic E-state index is -0.0315. The van der Waals surface area contributed by atoms with Crippen molar-refractivity contribution < 1.29 is 5.11 Å². The molecule has 4 rings (SSSR count). The molecule has 0 unspecified atom stereocenters. The molecule has 28 heavy (non-hydrogen) atoms. The van der Waals surface area contributed by atoms with Gasteiger partial charge in [-0.05, 0) is 73.8 Å². The van der Waals surface area contributed by atoms with Gasteiger partial charge in [0.15, 0.2) is 5.11 Å². The Morgan fingerprint density at radius 1 is 1.14 bits per heavy atom. The predicted octanol–water partition coefficient (Wildman–Crippen LogP) is 3.26. The summed E-state index contributed by atoms with van der Waals surface area (Å²) in [7, 11) is 0. The highest BCUT2D eigenvalue weighted by Gasteiger charge is 2.40. The van der Waals surface area contributed by atoms with Crippen molar-refractivity contribution in [2.45, 2.75) is 38.8 Å². The van der Waals surface area contributed by atoms with E-state index in [1.54, 1.807) is 0 Å². The molecule has 1 aromatic heterocycles. The number of hydrogen-bond donors (Lipinski definition) is 2. The van der Waals surface area contributed by atoms with Crippen LogP contribution < -0.4 is 10.2 Å². The minimum absolute atomic E-state index is 0.0147. The van der Waals surface area contributed by atoms with Gasteiger partial charge in [0, 0.05) is 31.5 Å². The van der Waals surface area contributed by atoms with Gasteiger partial charge < -0.3 is 20.2 Å². The predicted molar refractivity (Wildman–Crippen MR) is 117 cm³/mol. The summed E-state index contributed by atoms with van der Waals surface area (Å²) in [5.41, 5.74) is 6.19. The third-order valence-electron chi connectivity index (χ3n) is 6.10. The van der Waals surface area contributed by atoms with Crippen LogP contribution >= 0.6 is 12.2 Å². The van der Waals surface area contributed by atoms with Crippen LogP contribution in [0, 0.1) is 13.8 Å². The maximum absolute atomic E-state index is 9.63. The van der Waals surface area contributed by atoms with E-state index in [1.165, 1.54) is 35.2 Å². The number of β-amino-alcohol motifs (C(OH)–C–C–N with tert-alkyl or cyclic N) is 1. The Morgan fingerprint density at radius 3 is 2.61 bits per heavy atom. The number of anilines is 1. The first-order valence-corrected chi connectivity index (χ1v) is 10.5. The van der Waals surface area contributed by atoms with Crippen LogP contribution in [0.15, 0.2) is 36.5 Å². The SMILES string of the molecule is Cc1c([C@@H]2[C@@H](c3ccccn3)NC(=S)N2CCO)ccc(N2CCCC2)c1C. The van der Waals surface area contributed by atoms with Gasteiger partial charge in [0.2, 0.25) is 0 Å². The fourth-order valence-corrected chi connectivity index (χ4v) is 4.87.